The van der Waals surface area contributed by atoms with E-state index in [9.17, 15) is 9.59 Å². The Morgan fingerprint density at radius 3 is 1.30 bits per heavy atom. The van der Waals surface area contributed by atoms with Gasteiger partial charge >= 0.3 is 12.2 Å². The predicted octanol–water partition coefficient (Wildman–Crippen LogP) is 15.6. The van der Waals surface area contributed by atoms with E-state index in [0.29, 0.717) is 19.0 Å². The Labute approximate surface area is 372 Å². The van der Waals surface area contributed by atoms with Gasteiger partial charge in [0.05, 0.1) is 6.54 Å². The van der Waals surface area contributed by atoms with Crippen LogP contribution in [-0.4, -0.2) is 60.9 Å². The van der Waals surface area contributed by atoms with Gasteiger partial charge in [-0.1, -0.05) is 159 Å². The molecule has 0 aliphatic heterocycles. The van der Waals surface area contributed by atoms with E-state index < -0.39 is 23.4 Å². The maximum absolute atomic E-state index is 12.5. The fraction of sp³-hybridized carbons (Fsp3) is 0.827. The van der Waals surface area contributed by atoms with Crippen molar-refractivity contribution in [2.24, 2.45) is 10.9 Å². The number of nitrogens with zero attached hydrogens (tertiary/aromatic N) is 2. The Hall–Kier alpha value is -2.61. The van der Waals surface area contributed by atoms with Crippen LogP contribution < -0.4 is 10.6 Å². The molecule has 0 radical (unpaired) electrons. The lowest BCUT2D eigenvalue weighted by Gasteiger charge is -2.24. The van der Waals surface area contributed by atoms with Gasteiger partial charge in [0.25, 0.3) is 0 Å². The molecule has 0 fully saturated rings. The molecule has 0 aromatic carbocycles. The predicted molar refractivity (Wildman–Crippen MR) is 260 cm³/mol. The van der Waals surface area contributed by atoms with E-state index in [2.05, 4.69) is 77.9 Å². The third kappa shape index (κ3) is 43.5. The fourth-order valence-corrected chi connectivity index (χ4v) is 7.20. The molecule has 0 aliphatic carbocycles. The van der Waals surface area contributed by atoms with Gasteiger partial charge in [-0.2, -0.15) is 0 Å². The van der Waals surface area contributed by atoms with Gasteiger partial charge in [-0.05, 0) is 125 Å². The highest BCUT2D eigenvalue weighted by molar-refractivity contribution is 6.01. The standard InChI is InChI=1S/C52H98N4O4/c1-10-12-14-16-18-20-22-24-26-28-30-32-34-36-38-40-42-47(43-41-39-37-35-33-31-29-27-25-23-21-19-17-15-13-11-2)46-56(9)45-44-53-48(54-49(57)59-51(3,4)5)55-50(58)60-52(6,7)8/h18,20,24-27,47H,10-17,19,21-23,28-46H2,1-9H3,(H2,53,54,55,57,58)/b20-18-,26-24-,27-25-. The molecule has 350 valence electrons. The number of amides is 2. The van der Waals surface area contributed by atoms with Crippen LogP contribution in [0.4, 0.5) is 9.59 Å². The van der Waals surface area contributed by atoms with Crippen molar-refractivity contribution in [2.75, 3.05) is 26.7 Å². The second kappa shape index (κ2) is 39.3. The van der Waals surface area contributed by atoms with Gasteiger partial charge in [-0.15, -0.1) is 0 Å². The van der Waals surface area contributed by atoms with Gasteiger partial charge in [-0.25, -0.2) is 9.59 Å². The topological polar surface area (TPSA) is 92.3 Å². The summed E-state index contributed by atoms with van der Waals surface area (Å²) in [5.74, 6) is 0.690. The molecule has 1 unspecified atom stereocenters. The lowest BCUT2D eigenvalue weighted by atomic mass is 9.93. The number of guanidine groups is 1. The summed E-state index contributed by atoms with van der Waals surface area (Å²) in [5, 5.41) is 5.20. The van der Waals surface area contributed by atoms with Crippen molar-refractivity contribution in [1.29, 1.82) is 0 Å². The summed E-state index contributed by atoms with van der Waals surface area (Å²) in [7, 11) is 2.16. The van der Waals surface area contributed by atoms with Crippen LogP contribution in [0, 0.1) is 5.92 Å². The lowest BCUT2D eigenvalue weighted by Crippen LogP contribution is -2.47. The van der Waals surface area contributed by atoms with Gasteiger partial charge in [0.1, 0.15) is 11.2 Å². The number of likely N-dealkylation sites (N-methyl/N-ethyl adjacent to an activating group) is 1. The van der Waals surface area contributed by atoms with Crippen molar-refractivity contribution in [3.63, 3.8) is 0 Å². The van der Waals surface area contributed by atoms with Crippen LogP contribution in [0.2, 0.25) is 0 Å². The van der Waals surface area contributed by atoms with E-state index in [1.165, 1.54) is 173 Å². The molecule has 2 amide bonds. The highest BCUT2D eigenvalue weighted by Crippen LogP contribution is 2.21. The molecule has 0 heterocycles. The summed E-state index contributed by atoms with van der Waals surface area (Å²) in [6.45, 7) is 17.5. The minimum atomic E-state index is -0.678. The number of unbranched alkanes of at least 4 members (excludes halogenated alkanes) is 21. The zero-order chi connectivity index (χ0) is 44.6. The number of alkyl carbamates (subject to hydrolysis) is 2. The molecule has 0 saturated heterocycles. The number of carbonyl (C=O) groups excluding carboxylic acids is 2. The van der Waals surface area contributed by atoms with Crippen LogP contribution >= 0.6 is 0 Å². The number of aliphatic imine (C=N–C) groups is 1. The molecule has 0 rings (SSSR count). The third-order valence-electron chi connectivity index (χ3n) is 10.5. The average Bonchev–Trinajstić information content (AvgIpc) is 3.15. The summed E-state index contributed by atoms with van der Waals surface area (Å²) in [4.78, 5) is 32.0. The quantitative estimate of drug-likeness (QED) is 0.0284. The van der Waals surface area contributed by atoms with Crippen LogP contribution in [-0.2, 0) is 9.47 Å². The summed E-state index contributed by atoms with van der Waals surface area (Å²) < 4.78 is 10.8. The number of hydrogen-bond acceptors (Lipinski definition) is 6. The molecule has 60 heavy (non-hydrogen) atoms. The van der Waals surface area contributed by atoms with Crippen LogP contribution in [0.3, 0.4) is 0 Å². The highest BCUT2D eigenvalue weighted by Gasteiger charge is 2.21. The zero-order valence-electron chi connectivity index (χ0n) is 41.0. The van der Waals surface area contributed by atoms with E-state index in [4.69, 9.17) is 9.47 Å². The molecule has 8 heteroatoms. The van der Waals surface area contributed by atoms with Gasteiger partial charge < -0.3 is 14.4 Å². The van der Waals surface area contributed by atoms with E-state index in [1.807, 2.05) is 0 Å². The third-order valence-corrected chi connectivity index (χ3v) is 10.5. The minimum Gasteiger partial charge on any atom is -0.444 e. The summed E-state index contributed by atoms with van der Waals surface area (Å²) in [5.41, 5.74) is -1.36. The molecule has 0 spiro atoms. The Bertz CT molecular complexity index is 1100. The molecule has 0 aromatic rings. The van der Waals surface area contributed by atoms with Gasteiger partial charge in [0, 0.05) is 13.1 Å². The largest absolute Gasteiger partial charge is 0.444 e. The Morgan fingerprint density at radius 2 is 0.883 bits per heavy atom. The number of allylic oxidation sites excluding steroid dienone is 6. The van der Waals surface area contributed by atoms with Gasteiger partial charge in [0.15, 0.2) is 0 Å². The molecule has 0 bridgehead atoms. The first-order valence-corrected chi connectivity index (χ1v) is 24.9. The molecular weight excluding hydrogens is 745 g/mol. The molecule has 8 nitrogen and oxygen atoms in total. The average molecular weight is 843 g/mol. The van der Waals surface area contributed by atoms with Gasteiger partial charge in [0.2, 0.25) is 5.96 Å². The highest BCUT2D eigenvalue weighted by atomic mass is 16.6. The number of hydrogen-bond donors (Lipinski definition) is 2. The van der Waals surface area contributed by atoms with Crippen LogP contribution in [0.25, 0.3) is 0 Å². The van der Waals surface area contributed by atoms with Crippen molar-refractivity contribution >= 4 is 18.1 Å². The SMILES string of the molecule is CCCCC/C=C\C/C=C\CCCCCCCCC(CCCCCCCC/C=C\CCCCCCCC)CN(C)CCN=C(NC(=O)OC(C)(C)C)NC(=O)OC(C)(C)C. The molecular formula is C52H98N4O4. The normalized spacial score (nSPS) is 12.8. The van der Waals surface area contributed by atoms with E-state index in [1.54, 1.807) is 41.5 Å². The molecule has 0 aromatic heterocycles. The second-order valence-electron chi connectivity index (χ2n) is 19.2. The number of rotatable bonds is 36. The van der Waals surface area contributed by atoms with Crippen LogP contribution in [0.5, 0.6) is 0 Å². The fourth-order valence-electron chi connectivity index (χ4n) is 7.20. The Morgan fingerprint density at radius 1 is 0.533 bits per heavy atom. The van der Waals surface area contributed by atoms with E-state index >= 15 is 0 Å². The number of carbonyl (C=O) groups is 2. The monoisotopic (exact) mass is 843 g/mol. The lowest BCUT2D eigenvalue weighted by molar-refractivity contribution is 0.0545. The summed E-state index contributed by atoms with van der Waals surface area (Å²) >= 11 is 0. The smallest absolute Gasteiger partial charge is 0.414 e. The van der Waals surface area contributed by atoms with Crippen molar-refractivity contribution < 1.29 is 19.1 Å². The van der Waals surface area contributed by atoms with Crippen molar-refractivity contribution in [2.45, 2.75) is 246 Å². The molecule has 1 atom stereocenters. The maximum Gasteiger partial charge on any atom is 0.414 e. The summed E-state index contributed by atoms with van der Waals surface area (Å²) in [6.07, 6.45) is 49.4. The molecule has 2 N–H and O–H groups in total. The Balaban J connectivity index is 4.87. The minimum absolute atomic E-state index is 0.0361. The van der Waals surface area contributed by atoms with Crippen LogP contribution in [0.1, 0.15) is 235 Å². The van der Waals surface area contributed by atoms with Crippen molar-refractivity contribution in [3.8, 4) is 0 Å². The van der Waals surface area contributed by atoms with Gasteiger partial charge in [-0.3, -0.25) is 15.6 Å². The number of nitrogens with one attached hydrogen (secondary N) is 2. The van der Waals surface area contributed by atoms with Crippen molar-refractivity contribution in [3.05, 3.63) is 36.5 Å². The van der Waals surface area contributed by atoms with E-state index in [-0.39, 0.29) is 5.96 Å². The van der Waals surface area contributed by atoms with Crippen molar-refractivity contribution in [1.82, 2.24) is 15.5 Å². The van der Waals surface area contributed by atoms with Crippen LogP contribution in [0.15, 0.2) is 41.4 Å². The zero-order valence-corrected chi connectivity index (χ0v) is 41.0. The van der Waals surface area contributed by atoms with E-state index in [0.717, 1.165) is 13.0 Å². The first-order valence-electron chi connectivity index (χ1n) is 24.9. The molecule has 0 aliphatic rings. The Kier molecular flexibility index (Phi) is 37.5. The summed E-state index contributed by atoms with van der Waals surface area (Å²) in [6, 6.07) is 0. The maximum atomic E-state index is 12.5. The number of ether oxygens (including phenoxy) is 2. The molecule has 0 saturated carbocycles. The first-order chi connectivity index (χ1) is 28.8. The first kappa shape index (κ1) is 57.4. The second-order valence-corrected chi connectivity index (χ2v) is 19.2.